The van der Waals surface area contributed by atoms with E-state index in [0.717, 1.165) is 0 Å². The van der Waals surface area contributed by atoms with Crippen LogP contribution in [-0.2, 0) is 0 Å². The lowest BCUT2D eigenvalue weighted by atomic mass is 10.0. The van der Waals surface area contributed by atoms with Crippen molar-refractivity contribution in [3.63, 3.8) is 0 Å². The monoisotopic (exact) mass is 220 g/mol. The highest BCUT2D eigenvalue weighted by atomic mass is 14.0. The van der Waals surface area contributed by atoms with Gasteiger partial charge < -0.3 is 0 Å². The van der Waals surface area contributed by atoms with Crippen LogP contribution >= 0.6 is 0 Å². The molecule has 0 spiro atoms. The minimum Gasteiger partial charge on any atom is -0.0859 e. The van der Waals surface area contributed by atoms with Gasteiger partial charge in [-0.2, -0.15) is 0 Å². The van der Waals surface area contributed by atoms with E-state index in [9.17, 15) is 0 Å². The lowest BCUT2D eigenvalue weighted by molar-refractivity contribution is 0.604. The Balaban J connectivity index is 3.74. The van der Waals surface area contributed by atoms with E-state index in [1.54, 1.807) is 5.57 Å². The minimum atomic E-state index is 0.699. The Morgan fingerprint density at radius 3 is 2.44 bits per heavy atom. The molecule has 0 saturated heterocycles. The van der Waals surface area contributed by atoms with E-state index in [-0.39, 0.29) is 0 Å². The molecule has 92 valence electrons. The normalized spacial score (nSPS) is 14.2. The van der Waals surface area contributed by atoms with E-state index in [4.69, 9.17) is 0 Å². The molecule has 0 amide bonds. The average molecular weight is 220 g/mol. The van der Waals surface area contributed by atoms with E-state index in [1.165, 1.54) is 31.3 Å². The number of allylic oxidation sites excluding steroid dienone is 6. The van der Waals surface area contributed by atoms with Gasteiger partial charge in [0.2, 0.25) is 0 Å². The molecule has 0 nitrogen and oxygen atoms in total. The maximum atomic E-state index is 2.34. The van der Waals surface area contributed by atoms with Gasteiger partial charge in [0, 0.05) is 0 Å². The molecule has 0 aliphatic carbocycles. The van der Waals surface area contributed by atoms with Gasteiger partial charge in [0.15, 0.2) is 0 Å². The Hall–Kier alpha value is -0.780. The first-order valence-electron chi connectivity index (χ1n) is 6.53. The van der Waals surface area contributed by atoms with Crippen molar-refractivity contribution in [3.05, 3.63) is 35.5 Å². The van der Waals surface area contributed by atoms with E-state index in [1.807, 2.05) is 0 Å². The fourth-order valence-corrected chi connectivity index (χ4v) is 1.69. The lowest BCUT2D eigenvalue weighted by Crippen LogP contribution is -1.90. The first-order valence-corrected chi connectivity index (χ1v) is 6.53. The topological polar surface area (TPSA) is 0 Å². The minimum absolute atomic E-state index is 0.699. The Labute approximate surface area is 102 Å². The van der Waals surface area contributed by atoms with E-state index in [2.05, 4.69) is 58.9 Å². The highest BCUT2D eigenvalue weighted by molar-refractivity contribution is 5.09. The Morgan fingerprint density at radius 1 is 1.19 bits per heavy atom. The van der Waals surface area contributed by atoms with Crippen molar-refractivity contribution in [2.75, 3.05) is 0 Å². The molecule has 16 heavy (non-hydrogen) atoms. The fourth-order valence-electron chi connectivity index (χ4n) is 1.69. The molecule has 0 saturated carbocycles. The molecule has 0 fully saturated rings. The molecule has 0 radical (unpaired) electrons. The summed E-state index contributed by atoms with van der Waals surface area (Å²) in [5.41, 5.74) is 2.91. The molecular formula is C16H28. The zero-order valence-corrected chi connectivity index (χ0v) is 11.7. The molecule has 1 unspecified atom stereocenters. The first kappa shape index (κ1) is 15.2. The summed E-state index contributed by atoms with van der Waals surface area (Å²) >= 11 is 0. The molecular weight excluding hydrogens is 192 g/mol. The molecule has 0 aromatic heterocycles. The standard InChI is InChI=1S/C16H28/c1-6-9-15(4)12-8-13-16(5)11-7-10-14(2)3/h7,9-11,16H,6,8,12-13H2,1-5H3. The highest BCUT2D eigenvalue weighted by Crippen LogP contribution is 2.13. The SMILES string of the molecule is CCC=C(C)CCCC(C)C=CC=C(C)C. The van der Waals surface area contributed by atoms with Gasteiger partial charge in [-0.05, 0) is 52.4 Å². The Morgan fingerprint density at radius 2 is 1.88 bits per heavy atom. The summed E-state index contributed by atoms with van der Waals surface area (Å²) in [6, 6.07) is 0. The Kier molecular flexibility index (Phi) is 8.99. The van der Waals surface area contributed by atoms with Gasteiger partial charge >= 0.3 is 0 Å². The second kappa shape index (κ2) is 9.45. The second-order valence-electron chi connectivity index (χ2n) is 4.96. The van der Waals surface area contributed by atoms with Gasteiger partial charge in [0.05, 0.1) is 0 Å². The predicted octanol–water partition coefficient (Wildman–Crippen LogP) is 5.67. The molecule has 0 aromatic carbocycles. The lowest BCUT2D eigenvalue weighted by Gasteiger charge is -2.05. The van der Waals surface area contributed by atoms with Gasteiger partial charge in [-0.1, -0.05) is 49.3 Å². The molecule has 0 bridgehead atoms. The van der Waals surface area contributed by atoms with Crippen molar-refractivity contribution >= 4 is 0 Å². The molecule has 0 aliphatic rings. The largest absolute Gasteiger partial charge is 0.0859 e. The van der Waals surface area contributed by atoms with Crippen molar-refractivity contribution in [1.82, 2.24) is 0 Å². The molecule has 0 aliphatic heterocycles. The summed E-state index contributed by atoms with van der Waals surface area (Å²) in [6.07, 6.45) is 14.0. The van der Waals surface area contributed by atoms with Crippen molar-refractivity contribution in [2.24, 2.45) is 5.92 Å². The summed E-state index contributed by atoms with van der Waals surface area (Å²) in [5.74, 6) is 0.699. The van der Waals surface area contributed by atoms with Crippen LogP contribution in [0, 0.1) is 5.92 Å². The summed E-state index contributed by atoms with van der Waals surface area (Å²) < 4.78 is 0. The van der Waals surface area contributed by atoms with Crippen molar-refractivity contribution in [3.8, 4) is 0 Å². The smallest absolute Gasteiger partial charge is 0.0259 e. The van der Waals surface area contributed by atoms with Gasteiger partial charge in [-0.25, -0.2) is 0 Å². The molecule has 0 rings (SSSR count). The van der Waals surface area contributed by atoms with Gasteiger partial charge in [-0.3, -0.25) is 0 Å². The second-order valence-corrected chi connectivity index (χ2v) is 4.96. The molecule has 0 heteroatoms. The molecule has 0 heterocycles. The van der Waals surface area contributed by atoms with Crippen molar-refractivity contribution < 1.29 is 0 Å². The van der Waals surface area contributed by atoms with Gasteiger partial charge in [-0.15, -0.1) is 0 Å². The number of hydrogen-bond donors (Lipinski definition) is 0. The van der Waals surface area contributed by atoms with E-state index >= 15 is 0 Å². The zero-order chi connectivity index (χ0) is 12.4. The van der Waals surface area contributed by atoms with Crippen LogP contribution in [0.2, 0.25) is 0 Å². The summed E-state index contributed by atoms with van der Waals surface area (Å²) in [7, 11) is 0. The first-order chi connectivity index (χ1) is 7.56. The molecule has 0 aromatic rings. The summed E-state index contributed by atoms with van der Waals surface area (Å²) in [4.78, 5) is 0. The van der Waals surface area contributed by atoms with Crippen LogP contribution < -0.4 is 0 Å². The van der Waals surface area contributed by atoms with E-state index in [0.29, 0.717) is 5.92 Å². The van der Waals surface area contributed by atoms with Crippen LogP contribution in [0.1, 0.15) is 60.3 Å². The third-order valence-electron chi connectivity index (χ3n) is 2.65. The van der Waals surface area contributed by atoms with Crippen LogP contribution in [0.15, 0.2) is 35.5 Å². The predicted molar refractivity (Wildman–Crippen MR) is 75.6 cm³/mol. The van der Waals surface area contributed by atoms with Crippen molar-refractivity contribution in [2.45, 2.75) is 60.3 Å². The van der Waals surface area contributed by atoms with Crippen LogP contribution in [0.25, 0.3) is 0 Å². The average Bonchev–Trinajstić information content (AvgIpc) is 2.17. The molecule has 1 atom stereocenters. The van der Waals surface area contributed by atoms with Crippen LogP contribution in [0.5, 0.6) is 0 Å². The summed E-state index contributed by atoms with van der Waals surface area (Å²) in [5, 5.41) is 0. The van der Waals surface area contributed by atoms with Gasteiger partial charge in [0.25, 0.3) is 0 Å². The summed E-state index contributed by atoms with van der Waals surface area (Å²) in [6.45, 7) is 11.0. The zero-order valence-electron chi connectivity index (χ0n) is 11.7. The Bertz CT molecular complexity index is 249. The van der Waals surface area contributed by atoms with Crippen molar-refractivity contribution in [1.29, 1.82) is 0 Å². The van der Waals surface area contributed by atoms with Crippen LogP contribution in [-0.4, -0.2) is 0 Å². The maximum absolute atomic E-state index is 2.34. The third kappa shape index (κ3) is 9.76. The van der Waals surface area contributed by atoms with Crippen LogP contribution in [0.4, 0.5) is 0 Å². The van der Waals surface area contributed by atoms with Crippen LogP contribution in [0.3, 0.4) is 0 Å². The van der Waals surface area contributed by atoms with Gasteiger partial charge in [0.1, 0.15) is 0 Å². The fraction of sp³-hybridized carbons (Fsp3) is 0.625. The quantitative estimate of drug-likeness (QED) is 0.383. The maximum Gasteiger partial charge on any atom is -0.0259 e. The molecule has 0 N–H and O–H groups in total. The van der Waals surface area contributed by atoms with E-state index < -0.39 is 0 Å². The highest BCUT2D eigenvalue weighted by Gasteiger charge is 1.97. The number of hydrogen-bond acceptors (Lipinski definition) is 0. The number of rotatable bonds is 7. The third-order valence-corrected chi connectivity index (χ3v) is 2.65.